The first-order chi connectivity index (χ1) is 42.3. The van der Waals surface area contributed by atoms with Gasteiger partial charge in [-0.25, -0.2) is 4.79 Å². The molecule has 0 amide bonds. The maximum Gasteiger partial charge on any atom is 0.331 e. The minimum atomic E-state index is -0.574. The lowest BCUT2D eigenvalue weighted by Gasteiger charge is -2.09. The van der Waals surface area contributed by atoms with Crippen molar-refractivity contribution >= 4 is 134 Å². The molecule has 9 aromatic heterocycles. The van der Waals surface area contributed by atoms with Crippen molar-refractivity contribution in [3.63, 3.8) is 0 Å². The van der Waals surface area contributed by atoms with E-state index >= 15 is 0 Å². The standard InChI is InChI=1S/C15H10N4O.C14H10N4O2.C14H12N4.C9H8N2.C5H3ClN2O2.C2H3N.CH3I.CH4O/c20-15-18-13-9-16-7-5-14(13)19(15)11-3-4-12-10(8-11)2-1-6-17-12;19-18(20)14-9-15-7-5-13(14)17-11-3-4-12-10(8-11)2-1-6-16-12;15-12-9-16-7-5-14(12)18-11-3-4-13-10(8-11)2-1-6-17-13;10-8-3-4-9-7(6-8)2-1-5-11-9;6-4-1-2-7-3-5(4)8(9)10;1-2-3;2*1-2/h1-9H,(H,18,20);1-9H,(H,15,17);1-9H,15H2,(H,16,18);1-6H,10H2;1-3H;1H3;1H3;2H,1H3/i;;;;;;1D;. The van der Waals surface area contributed by atoms with Gasteiger partial charge in [0.1, 0.15) is 23.1 Å². The highest BCUT2D eigenvalue weighted by atomic mass is 127. The van der Waals surface area contributed by atoms with Crippen LogP contribution in [0.2, 0.25) is 5.02 Å². The minimum absolute atomic E-state index is 0.0567. The number of fused-ring (bicyclic) bond motifs is 5. The van der Waals surface area contributed by atoms with Gasteiger partial charge >= 0.3 is 17.1 Å². The molecule has 0 atom stereocenters. The van der Waals surface area contributed by atoms with E-state index in [0.717, 1.165) is 96.4 Å². The van der Waals surface area contributed by atoms with Gasteiger partial charge in [0, 0.05) is 104 Å². The molecule has 23 nitrogen and oxygen atoms in total. The van der Waals surface area contributed by atoms with E-state index in [1.54, 1.807) is 66.3 Å². The van der Waals surface area contributed by atoms with Crippen LogP contribution in [0.1, 0.15) is 8.29 Å². The Morgan fingerprint density at radius 1 is 0.605 bits per heavy atom. The number of nitro groups is 2. The van der Waals surface area contributed by atoms with Crippen LogP contribution in [0.3, 0.4) is 0 Å². The summed E-state index contributed by atoms with van der Waals surface area (Å²) in [4.78, 5) is 67.7. The van der Waals surface area contributed by atoms with Crippen molar-refractivity contribution in [3.05, 3.63) is 256 Å². The molecular formula is C61H53ClIN17O6. The van der Waals surface area contributed by atoms with Gasteiger partial charge in [-0.05, 0) is 126 Å². The first kappa shape index (κ1) is 62.5. The number of aromatic amines is 1. The van der Waals surface area contributed by atoms with Gasteiger partial charge in [-0.2, -0.15) is 5.26 Å². The van der Waals surface area contributed by atoms with E-state index in [9.17, 15) is 25.0 Å². The molecular weight excluding hydrogens is 1230 g/mol. The highest BCUT2D eigenvalue weighted by Gasteiger charge is 2.14. The molecule has 0 aliphatic rings. The van der Waals surface area contributed by atoms with Gasteiger partial charge in [0.25, 0.3) is 0 Å². The number of hydrogen-bond donors (Lipinski definition) is 6. The minimum Gasteiger partial charge on any atom is -0.400 e. The number of nitriles is 1. The number of rotatable bonds is 7. The molecule has 0 bridgehead atoms. The van der Waals surface area contributed by atoms with Crippen molar-refractivity contribution < 1.29 is 16.3 Å². The number of hydrogen-bond acceptors (Lipinski definition) is 19. The average molecular weight is 1280 g/mol. The maximum absolute atomic E-state index is 12.1. The number of anilines is 6. The Bertz CT molecular complexity index is 4500. The largest absolute Gasteiger partial charge is 0.400 e. The number of aliphatic hydroxyl groups is 1. The Morgan fingerprint density at radius 2 is 1.03 bits per heavy atom. The molecule has 13 rings (SSSR count). The third-order valence-corrected chi connectivity index (χ3v) is 11.8. The highest BCUT2D eigenvalue weighted by molar-refractivity contribution is 14.1. The van der Waals surface area contributed by atoms with Crippen LogP contribution < -0.4 is 27.8 Å². The number of nitrogens with zero attached hydrogens (tertiary/aromatic N) is 12. The smallest absolute Gasteiger partial charge is 0.331 e. The summed E-state index contributed by atoms with van der Waals surface area (Å²) in [5.41, 5.74) is 21.6. The fraction of sp³-hybridized carbons (Fsp3) is 0.0492. The summed E-state index contributed by atoms with van der Waals surface area (Å²) in [5.74, 6) is 0. The summed E-state index contributed by atoms with van der Waals surface area (Å²) in [5, 5.41) is 45.9. The Hall–Kier alpha value is -11.1. The second-order valence-corrected chi connectivity index (χ2v) is 17.4. The fourth-order valence-corrected chi connectivity index (χ4v) is 7.96. The number of H-pyrrole nitrogens is 1. The van der Waals surface area contributed by atoms with Crippen LogP contribution in [0.15, 0.2) is 225 Å². The average Bonchev–Trinajstić information content (AvgIpc) is 2.23. The summed E-state index contributed by atoms with van der Waals surface area (Å²) in [6.45, 7) is 1.43. The number of benzene rings is 4. The van der Waals surface area contributed by atoms with Crippen molar-refractivity contribution in [2.45, 2.75) is 6.92 Å². The van der Waals surface area contributed by atoms with Crippen molar-refractivity contribution in [2.75, 3.05) is 34.1 Å². The third kappa shape index (κ3) is 17.9. The van der Waals surface area contributed by atoms with Crippen LogP contribution in [0.25, 0.3) is 60.3 Å². The van der Waals surface area contributed by atoms with E-state index in [-0.39, 0.29) is 22.1 Å². The molecule has 8 N–H and O–H groups in total. The number of aromatic nitrogens is 10. The SMILES string of the molecule is CC#N.CO.Nc1ccc2ncccc2c1.Nc1cnccc1Nc1ccc2ncccc2c1.O=[N+]([O-])c1cnccc1Cl.O=[N+]([O-])c1cnccc1Nc1ccc2ncccc2c1.O=c1[nH]c2cnccc2n1-c1ccc2ncccc2c1.[2H]CI. The first-order valence-corrected chi connectivity index (χ1v) is 27.1. The maximum atomic E-state index is 12.1. The quantitative estimate of drug-likeness (QED) is 0.0284. The van der Waals surface area contributed by atoms with Gasteiger partial charge in [-0.3, -0.25) is 64.7 Å². The zero-order valence-corrected chi connectivity index (χ0v) is 48.7. The van der Waals surface area contributed by atoms with Crippen LogP contribution in [-0.4, -0.2) is 76.4 Å². The van der Waals surface area contributed by atoms with E-state index in [4.69, 9.17) is 34.8 Å². The van der Waals surface area contributed by atoms with Crippen LogP contribution >= 0.6 is 34.2 Å². The van der Waals surface area contributed by atoms with Crippen LogP contribution in [0.5, 0.6) is 0 Å². The summed E-state index contributed by atoms with van der Waals surface area (Å²) >= 11 is 7.39. The summed E-state index contributed by atoms with van der Waals surface area (Å²) < 4.78 is 7.84. The van der Waals surface area contributed by atoms with E-state index in [0.29, 0.717) is 16.3 Å². The monoisotopic (exact) mass is 1280 g/mol. The lowest BCUT2D eigenvalue weighted by molar-refractivity contribution is -0.385. The fourth-order valence-electron chi connectivity index (χ4n) is 7.79. The number of halogens is 2. The van der Waals surface area contributed by atoms with Gasteiger partial charge in [0.15, 0.2) is 0 Å². The molecule has 0 unspecified atom stereocenters. The van der Waals surface area contributed by atoms with E-state index < -0.39 is 9.85 Å². The van der Waals surface area contributed by atoms with Crippen molar-refractivity contribution in [1.82, 2.24) is 49.4 Å². The number of pyridine rings is 8. The van der Waals surface area contributed by atoms with E-state index in [2.05, 4.69) is 55.5 Å². The first-order valence-electron chi connectivity index (χ1n) is 25.9. The predicted molar refractivity (Wildman–Crippen MR) is 348 cm³/mol. The molecule has 0 fully saturated rings. The highest BCUT2D eigenvalue weighted by Crippen LogP contribution is 2.29. The predicted octanol–water partition coefficient (Wildman–Crippen LogP) is 13.1. The van der Waals surface area contributed by atoms with Gasteiger partial charge in [-0.15, -0.1) is 0 Å². The lowest BCUT2D eigenvalue weighted by atomic mass is 10.2. The number of alkyl halides is 1. The van der Waals surface area contributed by atoms with Gasteiger partial charge < -0.3 is 32.2 Å². The van der Waals surface area contributed by atoms with Crippen LogP contribution in [0.4, 0.5) is 45.5 Å². The number of nitrogens with one attached hydrogen (secondary N) is 3. The molecule has 0 radical (unpaired) electrons. The summed E-state index contributed by atoms with van der Waals surface area (Å²) in [6.07, 6.45) is 19.0. The topological polar surface area (TPSA) is 347 Å². The molecule has 86 heavy (non-hydrogen) atoms. The zero-order valence-electron chi connectivity index (χ0n) is 46.8. The van der Waals surface area contributed by atoms with Crippen LogP contribution in [0, 0.1) is 31.6 Å². The Balaban J connectivity index is 0.000000172. The normalized spacial score (nSPS) is 9.98. The van der Waals surface area contributed by atoms with E-state index in [1.807, 2.05) is 156 Å². The molecule has 0 aliphatic carbocycles. The molecule has 432 valence electrons. The number of imidazole rings is 1. The van der Waals surface area contributed by atoms with Gasteiger partial charge in [0.2, 0.25) is 0 Å². The van der Waals surface area contributed by atoms with Crippen molar-refractivity contribution in [3.8, 4) is 11.8 Å². The molecule has 25 heteroatoms. The Labute approximate surface area is 511 Å². The molecule has 0 saturated heterocycles. The number of aliphatic hydroxyl groups excluding tert-OH is 1. The molecule has 0 aliphatic heterocycles. The number of nitrogens with two attached hydrogens (primary N) is 2. The Morgan fingerprint density at radius 3 is 1.55 bits per heavy atom. The van der Waals surface area contributed by atoms with Crippen LogP contribution in [-0.2, 0) is 0 Å². The molecule has 9 heterocycles. The second-order valence-electron chi connectivity index (χ2n) is 17.0. The van der Waals surface area contributed by atoms with E-state index in [1.165, 1.54) is 31.6 Å². The molecule has 0 saturated carbocycles. The second kappa shape index (κ2) is 33.1. The van der Waals surface area contributed by atoms with Crippen molar-refractivity contribution in [1.29, 1.82) is 5.26 Å². The van der Waals surface area contributed by atoms with Crippen molar-refractivity contribution in [2.24, 2.45) is 0 Å². The van der Waals surface area contributed by atoms with Gasteiger partial charge in [-0.1, -0.05) is 58.5 Å². The summed E-state index contributed by atoms with van der Waals surface area (Å²) in [6, 6.07) is 46.9. The molecule has 4 aromatic carbocycles. The molecule has 0 spiro atoms. The lowest BCUT2D eigenvalue weighted by Crippen LogP contribution is -2.14. The summed E-state index contributed by atoms with van der Waals surface area (Å²) in [7, 11) is 1.00. The molecule has 13 aromatic rings. The zero-order chi connectivity index (χ0) is 62.5. The van der Waals surface area contributed by atoms with Gasteiger partial charge in [0.05, 0.1) is 78.5 Å². The number of nitrogen functional groups attached to an aromatic ring is 2. The Kier molecular flexibility index (Phi) is 24.0. The third-order valence-electron chi connectivity index (χ3n) is 11.5.